The van der Waals surface area contributed by atoms with Crippen LogP contribution in [0.15, 0.2) is 78.9 Å². The summed E-state index contributed by atoms with van der Waals surface area (Å²) in [7, 11) is 1.63. The summed E-state index contributed by atoms with van der Waals surface area (Å²) in [5.74, 6) is 1.71. The van der Waals surface area contributed by atoms with Crippen LogP contribution in [0.4, 0.5) is 28.8 Å². The van der Waals surface area contributed by atoms with E-state index in [1.165, 1.54) is 0 Å². The highest BCUT2D eigenvalue weighted by Gasteiger charge is 2.07. The molecule has 0 radical (unpaired) electrons. The van der Waals surface area contributed by atoms with Crippen LogP contribution in [0.3, 0.4) is 0 Å². The maximum Gasteiger partial charge on any atom is 0.255 e. The van der Waals surface area contributed by atoms with E-state index in [-0.39, 0.29) is 5.91 Å². The lowest BCUT2D eigenvalue weighted by Crippen LogP contribution is -2.11. The Balaban J connectivity index is 1.42. The van der Waals surface area contributed by atoms with Crippen molar-refractivity contribution in [2.24, 2.45) is 0 Å². The number of anilines is 5. The number of benzene rings is 3. The minimum absolute atomic E-state index is 0.205. The first kappa shape index (κ1) is 22.1. The Labute approximate surface area is 196 Å². The fourth-order valence-corrected chi connectivity index (χ4v) is 3.21. The molecule has 4 rings (SSSR count). The van der Waals surface area contributed by atoms with Gasteiger partial charge in [0.15, 0.2) is 0 Å². The number of carbonyl (C=O) groups excluding carboxylic acids is 1. The minimum Gasteiger partial charge on any atom is -0.497 e. The third kappa shape index (κ3) is 5.99. The van der Waals surface area contributed by atoms with Crippen molar-refractivity contribution < 1.29 is 9.53 Å². The van der Waals surface area contributed by atoms with E-state index in [0.717, 1.165) is 22.8 Å². The molecule has 0 aliphatic carbocycles. The Morgan fingerprint density at radius 1 is 0.818 bits per heavy atom. The van der Waals surface area contributed by atoms with E-state index >= 15 is 0 Å². The Hall–Kier alpha value is -4.10. The van der Waals surface area contributed by atoms with E-state index < -0.39 is 0 Å². The van der Waals surface area contributed by atoms with Crippen molar-refractivity contribution in [1.29, 1.82) is 0 Å². The fourth-order valence-electron chi connectivity index (χ4n) is 3.08. The number of hydrogen-bond donors (Lipinski definition) is 3. The molecule has 3 aromatic carbocycles. The van der Waals surface area contributed by atoms with Gasteiger partial charge in [-0.05, 0) is 79.7 Å². The number of nitrogens with one attached hydrogen (secondary N) is 3. The van der Waals surface area contributed by atoms with Gasteiger partial charge in [0, 0.05) is 39.4 Å². The molecule has 0 unspecified atom stereocenters. The van der Waals surface area contributed by atoms with Crippen LogP contribution in [0.5, 0.6) is 5.75 Å². The molecule has 0 aliphatic heterocycles. The first-order valence-electron chi connectivity index (χ1n) is 10.2. The van der Waals surface area contributed by atoms with Crippen LogP contribution in [0.25, 0.3) is 0 Å². The summed E-state index contributed by atoms with van der Waals surface area (Å²) in [5, 5.41) is 9.92. The van der Waals surface area contributed by atoms with Gasteiger partial charge in [0.05, 0.1) is 7.11 Å². The second kappa shape index (κ2) is 10.0. The monoisotopic (exact) mass is 459 g/mol. The lowest BCUT2D eigenvalue weighted by Gasteiger charge is -2.11. The number of amides is 1. The Kier molecular flexibility index (Phi) is 6.71. The Morgan fingerprint density at radius 2 is 1.42 bits per heavy atom. The van der Waals surface area contributed by atoms with Crippen LogP contribution in [0.2, 0.25) is 5.02 Å². The third-order valence-electron chi connectivity index (χ3n) is 4.72. The first-order valence-corrected chi connectivity index (χ1v) is 10.6. The summed E-state index contributed by atoms with van der Waals surface area (Å²) in [5.41, 5.74) is 3.70. The summed E-state index contributed by atoms with van der Waals surface area (Å²) in [6, 6.07) is 23.5. The van der Waals surface area contributed by atoms with E-state index in [1.54, 1.807) is 31.4 Å². The van der Waals surface area contributed by atoms with Gasteiger partial charge in [0.2, 0.25) is 5.95 Å². The number of halogens is 1. The van der Waals surface area contributed by atoms with Gasteiger partial charge in [-0.3, -0.25) is 4.79 Å². The molecule has 0 saturated heterocycles. The predicted molar refractivity (Wildman–Crippen MR) is 132 cm³/mol. The molecule has 0 atom stereocenters. The molecule has 7 nitrogen and oxygen atoms in total. The highest BCUT2D eigenvalue weighted by atomic mass is 35.5. The molecule has 0 bridgehead atoms. The highest BCUT2D eigenvalue weighted by molar-refractivity contribution is 6.30. The largest absolute Gasteiger partial charge is 0.497 e. The van der Waals surface area contributed by atoms with E-state index in [9.17, 15) is 4.79 Å². The summed E-state index contributed by atoms with van der Waals surface area (Å²) >= 11 is 5.87. The molecule has 0 aliphatic rings. The van der Waals surface area contributed by atoms with Crippen molar-refractivity contribution in [3.8, 4) is 5.75 Å². The number of methoxy groups -OCH3 is 1. The van der Waals surface area contributed by atoms with Crippen LogP contribution in [-0.2, 0) is 0 Å². The maximum atomic E-state index is 12.4. The number of aryl methyl sites for hydroxylation is 1. The molecule has 0 spiro atoms. The summed E-state index contributed by atoms with van der Waals surface area (Å²) in [6.07, 6.45) is 0. The number of nitrogens with zero attached hydrogens (tertiary/aromatic N) is 2. The lowest BCUT2D eigenvalue weighted by atomic mass is 10.2. The molecule has 33 heavy (non-hydrogen) atoms. The van der Waals surface area contributed by atoms with Crippen LogP contribution < -0.4 is 20.7 Å². The SMILES string of the molecule is COc1ccc(Nc2cc(C)nc(Nc3ccc(NC(=O)c4ccc(Cl)cc4)cc3)n2)cc1. The molecule has 8 heteroatoms. The van der Waals surface area contributed by atoms with Gasteiger partial charge in [-0.2, -0.15) is 4.98 Å². The standard InChI is InChI=1S/C25H22ClN5O2/c1-16-15-23(28-19-11-13-22(33-2)14-12-19)31-25(27-16)30-21-9-7-20(8-10-21)29-24(32)17-3-5-18(26)6-4-17/h3-15H,1-2H3,(H,29,32)(H2,27,28,30,31). The van der Waals surface area contributed by atoms with E-state index in [1.807, 2.05) is 61.5 Å². The summed E-state index contributed by atoms with van der Waals surface area (Å²) < 4.78 is 5.19. The van der Waals surface area contributed by atoms with E-state index in [2.05, 4.69) is 25.9 Å². The number of aromatic nitrogens is 2. The zero-order valence-electron chi connectivity index (χ0n) is 18.1. The molecular weight excluding hydrogens is 438 g/mol. The summed E-state index contributed by atoms with van der Waals surface area (Å²) in [6.45, 7) is 1.90. The van der Waals surface area contributed by atoms with Gasteiger partial charge >= 0.3 is 0 Å². The number of hydrogen-bond acceptors (Lipinski definition) is 6. The van der Waals surface area contributed by atoms with E-state index in [0.29, 0.717) is 28.0 Å². The summed E-state index contributed by atoms with van der Waals surface area (Å²) in [4.78, 5) is 21.4. The van der Waals surface area contributed by atoms with Crippen molar-refractivity contribution >= 4 is 46.3 Å². The quantitative estimate of drug-likeness (QED) is 0.305. The van der Waals surface area contributed by atoms with Gasteiger partial charge in [0.1, 0.15) is 11.6 Å². The first-order chi connectivity index (χ1) is 16.0. The second-order valence-electron chi connectivity index (χ2n) is 7.24. The average molecular weight is 460 g/mol. The van der Waals surface area contributed by atoms with Gasteiger partial charge in [-0.25, -0.2) is 4.98 Å². The number of rotatable bonds is 7. The van der Waals surface area contributed by atoms with Crippen molar-refractivity contribution in [1.82, 2.24) is 9.97 Å². The number of carbonyl (C=O) groups is 1. The molecule has 1 aromatic heterocycles. The fraction of sp³-hybridized carbons (Fsp3) is 0.0800. The molecule has 4 aromatic rings. The Bertz CT molecular complexity index is 1240. The molecular formula is C25H22ClN5O2. The molecule has 0 fully saturated rings. The van der Waals surface area contributed by atoms with Gasteiger partial charge < -0.3 is 20.7 Å². The van der Waals surface area contributed by atoms with Crippen LogP contribution in [-0.4, -0.2) is 23.0 Å². The molecule has 3 N–H and O–H groups in total. The zero-order chi connectivity index (χ0) is 23.2. The van der Waals surface area contributed by atoms with Crippen LogP contribution in [0.1, 0.15) is 16.1 Å². The predicted octanol–water partition coefficient (Wildman–Crippen LogP) is 6.19. The van der Waals surface area contributed by atoms with Gasteiger partial charge in [-0.15, -0.1) is 0 Å². The van der Waals surface area contributed by atoms with Crippen molar-refractivity contribution in [2.45, 2.75) is 6.92 Å². The van der Waals surface area contributed by atoms with Crippen LogP contribution in [0, 0.1) is 6.92 Å². The molecule has 1 heterocycles. The molecule has 166 valence electrons. The van der Waals surface area contributed by atoms with E-state index in [4.69, 9.17) is 16.3 Å². The zero-order valence-corrected chi connectivity index (χ0v) is 18.9. The Morgan fingerprint density at radius 3 is 2.09 bits per heavy atom. The highest BCUT2D eigenvalue weighted by Crippen LogP contribution is 2.22. The topological polar surface area (TPSA) is 88.2 Å². The second-order valence-corrected chi connectivity index (χ2v) is 7.67. The van der Waals surface area contributed by atoms with Gasteiger partial charge in [0.25, 0.3) is 5.91 Å². The van der Waals surface area contributed by atoms with Crippen LogP contribution >= 0.6 is 11.6 Å². The van der Waals surface area contributed by atoms with Gasteiger partial charge in [-0.1, -0.05) is 11.6 Å². The van der Waals surface area contributed by atoms with Crippen molar-refractivity contribution in [2.75, 3.05) is 23.1 Å². The normalized spacial score (nSPS) is 10.4. The molecule has 1 amide bonds. The average Bonchev–Trinajstić information content (AvgIpc) is 2.81. The molecule has 0 saturated carbocycles. The van der Waals surface area contributed by atoms with Crippen molar-refractivity contribution in [3.05, 3.63) is 95.1 Å². The minimum atomic E-state index is -0.205. The number of ether oxygens (including phenoxy) is 1. The smallest absolute Gasteiger partial charge is 0.255 e. The third-order valence-corrected chi connectivity index (χ3v) is 4.97. The maximum absolute atomic E-state index is 12.4. The van der Waals surface area contributed by atoms with Crippen molar-refractivity contribution in [3.63, 3.8) is 0 Å². The lowest BCUT2D eigenvalue weighted by molar-refractivity contribution is 0.102.